The molecular weight excluding hydrogens is 524 g/mol. The van der Waals surface area contributed by atoms with Gasteiger partial charge in [0.15, 0.2) is 0 Å². The molecule has 0 aliphatic carbocycles. The molecule has 10 heteroatoms. The number of nitrogens with zero attached hydrogens (tertiary/aromatic N) is 1. The van der Waals surface area contributed by atoms with Crippen molar-refractivity contribution in [3.8, 4) is 0 Å². The van der Waals surface area contributed by atoms with Gasteiger partial charge in [-0.15, -0.1) is 0 Å². The molecule has 1 amide bonds. The van der Waals surface area contributed by atoms with Gasteiger partial charge in [0, 0.05) is 31.3 Å². The highest BCUT2D eigenvalue weighted by Crippen LogP contribution is 2.31. The van der Waals surface area contributed by atoms with E-state index in [0.717, 1.165) is 42.0 Å². The minimum Gasteiger partial charge on any atom is -0.390 e. The van der Waals surface area contributed by atoms with E-state index >= 15 is 0 Å². The second kappa shape index (κ2) is 12.2. The van der Waals surface area contributed by atoms with Gasteiger partial charge in [-0.1, -0.05) is 37.3 Å². The number of rotatable bonds is 11. The van der Waals surface area contributed by atoms with E-state index in [1.54, 1.807) is 12.1 Å². The number of hydrogen-bond donors (Lipinski definition) is 3. The fraction of sp³-hybridized carbons (Fsp3) is 0.345. The highest BCUT2D eigenvalue weighted by Gasteiger charge is 2.28. The molecule has 0 radical (unpaired) electrons. The molecule has 7 nitrogen and oxygen atoms in total. The Hall–Kier alpha value is -3.34. The number of carbonyl (C=O) groups excluding carboxylic acids is 1. The molecule has 0 saturated heterocycles. The van der Waals surface area contributed by atoms with Crippen molar-refractivity contribution in [2.75, 3.05) is 23.7 Å². The zero-order valence-electron chi connectivity index (χ0n) is 22.0. The number of fused-ring (bicyclic) bond motifs is 1. The van der Waals surface area contributed by atoms with E-state index in [-0.39, 0.29) is 24.1 Å². The Kier molecular flexibility index (Phi) is 8.99. The van der Waals surface area contributed by atoms with Crippen LogP contribution in [0.5, 0.6) is 0 Å². The summed E-state index contributed by atoms with van der Waals surface area (Å²) < 4.78 is 53.3. The number of hydrogen-bond acceptors (Lipinski definition) is 5. The molecule has 1 aliphatic rings. The van der Waals surface area contributed by atoms with Crippen molar-refractivity contribution in [3.05, 3.63) is 100 Å². The molecule has 2 unspecified atom stereocenters. The predicted molar refractivity (Wildman–Crippen MR) is 147 cm³/mol. The van der Waals surface area contributed by atoms with Crippen molar-refractivity contribution in [2.24, 2.45) is 0 Å². The van der Waals surface area contributed by atoms with Crippen LogP contribution in [0.15, 0.2) is 60.7 Å². The number of benzene rings is 3. The van der Waals surface area contributed by atoms with Crippen molar-refractivity contribution in [1.29, 1.82) is 0 Å². The summed E-state index contributed by atoms with van der Waals surface area (Å²) in [6.07, 6.45) is 1.46. The smallest absolute Gasteiger partial charge is 0.251 e. The number of carbonyl (C=O) groups is 1. The van der Waals surface area contributed by atoms with Gasteiger partial charge in [-0.25, -0.2) is 17.2 Å². The van der Waals surface area contributed by atoms with Crippen LogP contribution >= 0.6 is 0 Å². The topological polar surface area (TPSA) is 98.7 Å². The molecule has 0 bridgehead atoms. The number of anilines is 1. The van der Waals surface area contributed by atoms with Crippen molar-refractivity contribution >= 4 is 21.6 Å². The number of aliphatic hydroxyl groups excluding tert-OH is 1. The van der Waals surface area contributed by atoms with Crippen LogP contribution < -0.4 is 14.9 Å². The molecule has 39 heavy (non-hydrogen) atoms. The average Bonchev–Trinajstić information content (AvgIpc) is 3.32. The standard InChI is InChI=1S/C29H33F2N3O4S/c1-3-19-5-4-6-20(11-19)17-32-18-28(35)26(14-21-12-24(30)16-25(31)13-21)33-29(36)23-8-7-22-9-10-34(27(22)15-23)39(2,37)38/h4-8,11-13,15-16,26,28,32,35H,3,9-10,14,17-18H2,1-2H3,(H,33,36). The van der Waals surface area contributed by atoms with E-state index in [2.05, 4.69) is 23.6 Å². The number of nitrogens with one attached hydrogen (secondary N) is 2. The third kappa shape index (κ3) is 7.40. The average molecular weight is 558 g/mol. The van der Waals surface area contributed by atoms with E-state index in [1.807, 2.05) is 18.2 Å². The van der Waals surface area contributed by atoms with Gasteiger partial charge in [-0.2, -0.15) is 0 Å². The second-order valence-corrected chi connectivity index (χ2v) is 11.8. The first-order valence-corrected chi connectivity index (χ1v) is 14.7. The van der Waals surface area contributed by atoms with E-state index in [4.69, 9.17) is 0 Å². The monoisotopic (exact) mass is 557 g/mol. The van der Waals surface area contributed by atoms with Gasteiger partial charge >= 0.3 is 0 Å². The van der Waals surface area contributed by atoms with Crippen LogP contribution in [0.25, 0.3) is 0 Å². The van der Waals surface area contributed by atoms with Crippen molar-refractivity contribution < 1.29 is 27.1 Å². The first-order chi connectivity index (χ1) is 18.5. The molecule has 3 aromatic rings. The lowest BCUT2D eigenvalue weighted by Gasteiger charge is -2.25. The Bertz CT molecular complexity index is 1430. The van der Waals surface area contributed by atoms with Gasteiger partial charge in [0.1, 0.15) is 11.6 Å². The molecular formula is C29H33F2N3O4S. The molecule has 0 aromatic heterocycles. The highest BCUT2D eigenvalue weighted by atomic mass is 32.2. The van der Waals surface area contributed by atoms with E-state index in [9.17, 15) is 27.1 Å². The summed E-state index contributed by atoms with van der Waals surface area (Å²) in [5, 5.41) is 17.0. The van der Waals surface area contributed by atoms with Gasteiger partial charge in [-0.3, -0.25) is 9.10 Å². The van der Waals surface area contributed by atoms with Gasteiger partial charge < -0.3 is 15.7 Å². The Labute approximate surface area is 227 Å². The molecule has 208 valence electrons. The summed E-state index contributed by atoms with van der Waals surface area (Å²) in [6, 6.07) is 15.1. The first kappa shape index (κ1) is 28.7. The second-order valence-electron chi connectivity index (χ2n) is 9.86. The van der Waals surface area contributed by atoms with Crippen LogP contribution in [-0.4, -0.2) is 50.9 Å². The minimum absolute atomic E-state index is 0.0189. The normalized spacial score (nSPS) is 14.6. The zero-order chi connectivity index (χ0) is 28.2. The molecule has 1 aliphatic heterocycles. The first-order valence-electron chi connectivity index (χ1n) is 12.9. The number of halogens is 2. The molecule has 0 fully saturated rings. The maximum Gasteiger partial charge on any atom is 0.251 e. The van der Waals surface area contributed by atoms with Crippen LogP contribution in [0, 0.1) is 11.6 Å². The fourth-order valence-corrected chi connectivity index (χ4v) is 5.77. The minimum atomic E-state index is -3.50. The Morgan fingerprint density at radius 1 is 1.03 bits per heavy atom. The maximum absolute atomic E-state index is 13.9. The van der Waals surface area contributed by atoms with E-state index in [1.165, 1.54) is 15.9 Å². The summed E-state index contributed by atoms with van der Waals surface area (Å²) >= 11 is 0. The molecule has 3 aromatic carbocycles. The Morgan fingerprint density at radius 2 is 1.74 bits per heavy atom. The van der Waals surface area contributed by atoms with Crippen molar-refractivity contribution in [2.45, 2.75) is 44.9 Å². The van der Waals surface area contributed by atoms with Gasteiger partial charge in [0.2, 0.25) is 10.0 Å². The summed E-state index contributed by atoms with van der Waals surface area (Å²) in [4.78, 5) is 13.2. The van der Waals surface area contributed by atoms with Crippen LogP contribution in [0.3, 0.4) is 0 Å². The lowest BCUT2D eigenvalue weighted by Crippen LogP contribution is -2.48. The number of aryl methyl sites for hydroxylation is 1. The molecule has 0 saturated carbocycles. The SMILES string of the molecule is CCc1cccc(CNCC(O)C(Cc2cc(F)cc(F)c2)NC(=O)c2ccc3c(c2)N(S(C)(=O)=O)CC3)c1. The van der Waals surface area contributed by atoms with Crippen LogP contribution in [0.1, 0.15) is 39.5 Å². The Balaban J connectivity index is 1.51. The number of aliphatic hydroxyl groups is 1. The largest absolute Gasteiger partial charge is 0.390 e. The number of amides is 1. The third-order valence-electron chi connectivity index (χ3n) is 6.84. The quantitative estimate of drug-likeness (QED) is 0.336. The molecule has 3 N–H and O–H groups in total. The summed E-state index contributed by atoms with van der Waals surface area (Å²) in [6.45, 7) is 2.98. The van der Waals surface area contributed by atoms with E-state index in [0.29, 0.717) is 25.2 Å². The molecule has 0 spiro atoms. The summed E-state index contributed by atoms with van der Waals surface area (Å²) in [5.41, 5.74) is 4.01. The fourth-order valence-electron chi connectivity index (χ4n) is 4.82. The van der Waals surface area contributed by atoms with Crippen LogP contribution in [0.2, 0.25) is 0 Å². The summed E-state index contributed by atoms with van der Waals surface area (Å²) in [5.74, 6) is -2.04. The maximum atomic E-state index is 13.9. The van der Waals surface area contributed by atoms with Crippen molar-refractivity contribution in [3.63, 3.8) is 0 Å². The van der Waals surface area contributed by atoms with Crippen molar-refractivity contribution in [1.82, 2.24) is 10.6 Å². The highest BCUT2D eigenvalue weighted by molar-refractivity contribution is 7.92. The van der Waals surface area contributed by atoms with Gasteiger partial charge in [0.05, 0.1) is 24.1 Å². The molecule has 4 rings (SSSR count). The lowest BCUT2D eigenvalue weighted by atomic mass is 9.99. The number of sulfonamides is 1. The van der Waals surface area contributed by atoms with Crippen LogP contribution in [-0.2, 0) is 35.8 Å². The van der Waals surface area contributed by atoms with Crippen LogP contribution in [0.4, 0.5) is 14.5 Å². The molecule has 2 atom stereocenters. The predicted octanol–water partition coefficient (Wildman–Crippen LogP) is 3.34. The third-order valence-corrected chi connectivity index (χ3v) is 8.02. The Morgan fingerprint density at radius 3 is 2.44 bits per heavy atom. The van der Waals surface area contributed by atoms with Gasteiger partial charge in [0.25, 0.3) is 5.91 Å². The molecule has 1 heterocycles. The van der Waals surface area contributed by atoms with E-state index < -0.39 is 39.7 Å². The zero-order valence-corrected chi connectivity index (χ0v) is 22.8. The summed E-state index contributed by atoms with van der Waals surface area (Å²) in [7, 11) is -3.50. The lowest BCUT2D eigenvalue weighted by molar-refractivity contribution is 0.0830. The van der Waals surface area contributed by atoms with Gasteiger partial charge in [-0.05, 0) is 65.8 Å².